The van der Waals surface area contributed by atoms with Crippen LogP contribution in [-0.4, -0.2) is 23.8 Å². The number of rotatable bonds is 3. The van der Waals surface area contributed by atoms with Crippen LogP contribution in [0.3, 0.4) is 0 Å². The van der Waals surface area contributed by atoms with Gasteiger partial charge in [-0.05, 0) is 12.1 Å². The summed E-state index contributed by atoms with van der Waals surface area (Å²) in [5, 5.41) is 8.89. The van der Waals surface area contributed by atoms with Crippen molar-refractivity contribution in [3.8, 4) is 23.3 Å². The van der Waals surface area contributed by atoms with Gasteiger partial charge < -0.3 is 9.47 Å². The standard InChI is InChI=1S/C13H11N3O4/c1-19-9-4-3-5-10(20-2)11(9)16-7-8(6-14)12(17)15-13(16)18/h3-5,7H,1-2H3,(H,15,17,18). The van der Waals surface area contributed by atoms with E-state index in [1.807, 2.05) is 0 Å². The van der Waals surface area contributed by atoms with Gasteiger partial charge in [0.05, 0.1) is 14.2 Å². The van der Waals surface area contributed by atoms with Crippen molar-refractivity contribution in [3.63, 3.8) is 0 Å². The van der Waals surface area contributed by atoms with Gasteiger partial charge in [0.15, 0.2) is 0 Å². The molecule has 0 atom stereocenters. The van der Waals surface area contributed by atoms with Crippen molar-refractivity contribution in [1.29, 1.82) is 5.26 Å². The van der Waals surface area contributed by atoms with Gasteiger partial charge in [0.2, 0.25) is 0 Å². The zero-order valence-electron chi connectivity index (χ0n) is 10.8. The molecule has 0 aliphatic heterocycles. The average molecular weight is 273 g/mol. The minimum absolute atomic E-state index is 0.183. The number of H-pyrrole nitrogens is 1. The fourth-order valence-corrected chi connectivity index (χ4v) is 1.79. The number of nitriles is 1. The fourth-order valence-electron chi connectivity index (χ4n) is 1.79. The van der Waals surface area contributed by atoms with Crippen LogP contribution in [0.15, 0.2) is 34.0 Å². The predicted molar refractivity (Wildman–Crippen MR) is 70.5 cm³/mol. The number of aromatic amines is 1. The Morgan fingerprint density at radius 2 is 1.80 bits per heavy atom. The van der Waals surface area contributed by atoms with E-state index in [0.717, 1.165) is 10.8 Å². The van der Waals surface area contributed by atoms with Crippen molar-refractivity contribution >= 4 is 0 Å². The van der Waals surface area contributed by atoms with Gasteiger partial charge >= 0.3 is 5.69 Å². The molecule has 0 fully saturated rings. The first kappa shape index (κ1) is 13.4. The third-order valence-electron chi connectivity index (χ3n) is 2.71. The second-order valence-electron chi connectivity index (χ2n) is 3.79. The molecule has 20 heavy (non-hydrogen) atoms. The Morgan fingerprint density at radius 1 is 1.20 bits per heavy atom. The van der Waals surface area contributed by atoms with E-state index in [2.05, 4.69) is 4.98 Å². The van der Waals surface area contributed by atoms with Crippen LogP contribution in [0, 0.1) is 11.3 Å². The van der Waals surface area contributed by atoms with E-state index in [1.54, 1.807) is 24.3 Å². The highest BCUT2D eigenvalue weighted by Gasteiger charge is 2.15. The highest BCUT2D eigenvalue weighted by atomic mass is 16.5. The van der Waals surface area contributed by atoms with Crippen molar-refractivity contribution in [3.05, 3.63) is 50.8 Å². The number of aromatic nitrogens is 2. The number of para-hydroxylation sites is 1. The SMILES string of the molecule is COc1cccc(OC)c1-n1cc(C#N)c(=O)[nH]c1=O. The van der Waals surface area contributed by atoms with Crippen molar-refractivity contribution in [2.24, 2.45) is 0 Å². The molecule has 0 aliphatic rings. The molecule has 0 bridgehead atoms. The molecular weight excluding hydrogens is 262 g/mol. The zero-order chi connectivity index (χ0) is 14.7. The number of nitrogens with one attached hydrogen (secondary N) is 1. The van der Waals surface area contributed by atoms with Gasteiger partial charge in [0.1, 0.15) is 28.8 Å². The monoisotopic (exact) mass is 273 g/mol. The molecule has 102 valence electrons. The van der Waals surface area contributed by atoms with Crippen LogP contribution in [-0.2, 0) is 0 Å². The minimum Gasteiger partial charge on any atom is -0.494 e. The average Bonchev–Trinajstić information content (AvgIpc) is 2.46. The van der Waals surface area contributed by atoms with Gasteiger partial charge in [-0.15, -0.1) is 0 Å². The maximum atomic E-state index is 11.9. The summed E-state index contributed by atoms with van der Waals surface area (Å²) >= 11 is 0. The lowest BCUT2D eigenvalue weighted by molar-refractivity contribution is 0.390. The Balaban J connectivity index is 2.85. The Kier molecular flexibility index (Phi) is 3.57. The number of hydrogen-bond donors (Lipinski definition) is 1. The molecule has 0 spiro atoms. The lowest BCUT2D eigenvalue weighted by Gasteiger charge is -2.14. The molecule has 1 heterocycles. The zero-order valence-corrected chi connectivity index (χ0v) is 10.8. The first-order valence-electron chi connectivity index (χ1n) is 5.59. The Labute approximate surface area is 113 Å². The summed E-state index contributed by atoms with van der Waals surface area (Å²) in [6, 6.07) is 6.70. The number of nitrogens with zero attached hydrogens (tertiary/aromatic N) is 2. The Bertz CT molecular complexity index is 776. The van der Waals surface area contributed by atoms with Crippen LogP contribution in [0.5, 0.6) is 11.5 Å². The Morgan fingerprint density at radius 3 is 2.30 bits per heavy atom. The number of benzene rings is 1. The van der Waals surface area contributed by atoms with E-state index in [0.29, 0.717) is 17.2 Å². The van der Waals surface area contributed by atoms with Crippen LogP contribution in [0.2, 0.25) is 0 Å². The lowest BCUT2D eigenvalue weighted by Crippen LogP contribution is -2.30. The summed E-state index contributed by atoms with van der Waals surface area (Å²) in [5.41, 5.74) is -1.28. The molecule has 0 saturated carbocycles. The smallest absolute Gasteiger partial charge is 0.333 e. The van der Waals surface area contributed by atoms with Crippen molar-refractivity contribution in [2.45, 2.75) is 0 Å². The molecule has 7 nitrogen and oxygen atoms in total. The van der Waals surface area contributed by atoms with Gasteiger partial charge in [-0.1, -0.05) is 6.07 Å². The number of hydrogen-bond acceptors (Lipinski definition) is 5. The molecule has 0 saturated heterocycles. The highest BCUT2D eigenvalue weighted by molar-refractivity contribution is 5.57. The molecule has 1 aromatic carbocycles. The largest absolute Gasteiger partial charge is 0.494 e. The number of ether oxygens (including phenoxy) is 2. The summed E-state index contributed by atoms with van der Waals surface area (Å²) in [6.07, 6.45) is 1.15. The lowest BCUT2D eigenvalue weighted by atomic mass is 10.2. The van der Waals surface area contributed by atoms with Crippen LogP contribution in [0.4, 0.5) is 0 Å². The fraction of sp³-hybridized carbons (Fsp3) is 0.154. The van der Waals surface area contributed by atoms with Gasteiger partial charge in [0.25, 0.3) is 5.56 Å². The van der Waals surface area contributed by atoms with Crippen molar-refractivity contribution in [1.82, 2.24) is 9.55 Å². The molecule has 0 unspecified atom stereocenters. The van der Waals surface area contributed by atoms with E-state index in [4.69, 9.17) is 14.7 Å². The van der Waals surface area contributed by atoms with E-state index in [-0.39, 0.29) is 5.56 Å². The molecule has 2 aromatic rings. The van der Waals surface area contributed by atoms with Crippen LogP contribution < -0.4 is 20.7 Å². The third kappa shape index (κ3) is 2.14. The summed E-state index contributed by atoms with van der Waals surface area (Å²) in [4.78, 5) is 25.4. The van der Waals surface area contributed by atoms with E-state index >= 15 is 0 Å². The van der Waals surface area contributed by atoms with Crippen LogP contribution in [0.25, 0.3) is 5.69 Å². The molecular formula is C13H11N3O4. The van der Waals surface area contributed by atoms with Gasteiger partial charge in [-0.25, -0.2) is 4.79 Å². The summed E-state index contributed by atoms with van der Waals surface area (Å²) in [6.45, 7) is 0. The van der Waals surface area contributed by atoms with Crippen LogP contribution in [0.1, 0.15) is 5.56 Å². The Hall–Kier alpha value is -3.01. The van der Waals surface area contributed by atoms with Gasteiger partial charge in [0, 0.05) is 6.20 Å². The predicted octanol–water partition coefficient (Wildman–Crippen LogP) is 0.415. The third-order valence-corrected chi connectivity index (χ3v) is 2.71. The molecule has 0 amide bonds. The van der Waals surface area contributed by atoms with Crippen molar-refractivity contribution in [2.75, 3.05) is 14.2 Å². The first-order valence-corrected chi connectivity index (χ1v) is 5.59. The molecule has 0 aliphatic carbocycles. The summed E-state index contributed by atoms with van der Waals surface area (Å²) < 4.78 is 11.5. The van der Waals surface area contributed by atoms with Gasteiger partial charge in [-0.2, -0.15) is 5.26 Å². The summed E-state index contributed by atoms with van der Waals surface area (Å²) in [7, 11) is 2.89. The quantitative estimate of drug-likeness (QED) is 0.873. The maximum absolute atomic E-state index is 11.9. The molecule has 7 heteroatoms. The first-order chi connectivity index (χ1) is 9.62. The second-order valence-corrected chi connectivity index (χ2v) is 3.79. The highest BCUT2D eigenvalue weighted by Crippen LogP contribution is 2.30. The topological polar surface area (TPSA) is 97.1 Å². The van der Waals surface area contributed by atoms with Crippen LogP contribution >= 0.6 is 0 Å². The molecule has 1 N–H and O–H groups in total. The van der Waals surface area contributed by atoms with Gasteiger partial charge in [-0.3, -0.25) is 14.3 Å². The van der Waals surface area contributed by atoms with E-state index < -0.39 is 11.2 Å². The summed E-state index contributed by atoms with van der Waals surface area (Å²) in [5.74, 6) is 0.754. The van der Waals surface area contributed by atoms with E-state index in [9.17, 15) is 9.59 Å². The molecule has 2 rings (SSSR count). The van der Waals surface area contributed by atoms with Crippen molar-refractivity contribution < 1.29 is 9.47 Å². The molecule has 1 aromatic heterocycles. The van der Waals surface area contributed by atoms with E-state index in [1.165, 1.54) is 14.2 Å². The minimum atomic E-state index is -0.734. The normalized spacial score (nSPS) is 9.85. The molecule has 0 radical (unpaired) electrons. The second kappa shape index (κ2) is 5.32. The maximum Gasteiger partial charge on any atom is 0.333 e. The number of methoxy groups -OCH3 is 2.